The van der Waals surface area contributed by atoms with Crippen LogP contribution in [0.4, 0.5) is 4.39 Å². The van der Waals surface area contributed by atoms with Crippen molar-refractivity contribution in [3.05, 3.63) is 71.4 Å². The Morgan fingerprint density at radius 1 is 1.27 bits per heavy atom. The Kier molecular flexibility index (Phi) is 5.44. The van der Waals surface area contributed by atoms with E-state index in [2.05, 4.69) is 20.6 Å². The van der Waals surface area contributed by atoms with Crippen molar-refractivity contribution in [3.63, 3.8) is 0 Å². The number of carboxylic acid groups (broad SMARTS) is 1. The summed E-state index contributed by atoms with van der Waals surface area (Å²) < 4.78 is 20.6. The van der Waals surface area contributed by atoms with Crippen molar-refractivity contribution in [2.75, 3.05) is 13.7 Å². The second-order valence-corrected chi connectivity index (χ2v) is 6.76. The first kappa shape index (κ1) is 19.6. The summed E-state index contributed by atoms with van der Waals surface area (Å²) >= 11 is 0. The van der Waals surface area contributed by atoms with Gasteiger partial charge in [0, 0.05) is 18.4 Å². The summed E-state index contributed by atoms with van der Waals surface area (Å²) in [5.74, 6) is -1.25. The number of benzene rings is 2. The zero-order valence-electron chi connectivity index (χ0n) is 16.2. The van der Waals surface area contributed by atoms with Crippen molar-refractivity contribution in [2.24, 2.45) is 0 Å². The van der Waals surface area contributed by atoms with Crippen LogP contribution in [0.5, 0.6) is 5.75 Å². The van der Waals surface area contributed by atoms with Gasteiger partial charge in [0.15, 0.2) is 5.82 Å². The van der Waals surface area contributed by atoms with Gasteiger partial charge in [-0.3, -0.25) is 5.10 Å². The van der Waals surface area contributed by atoms with Crippen LogP contribution < -0.4 is 10.1 Å². The smallest absolute Gasteiger partial charge is 0.335 e. The molecule has 0 saturated heterocycles. The minimum Gasteiger partial charge on any atom is -0.491 e. The molecular formula is C21H20FN5O3. The minimum absolute atomic E-state index is 0.0787. The molecule has 0 saturated carbocycles. The number of carbonyl (C=O) groups is 1. The fraction of sp³-hybridized carbons (Fsp3) is 0.190. The molecule has 8 nitrogen and oxygen atoms in total. The Bertz CT molecular complexity index is 1200. The number of nitrogens with one attached hydrogen (secondary N) is 2. The van der Waals surface area contributed by atoms with Gasteiger partial charge >= 0.3 is 5.97 Å². The van der Waals surface area contributed by atoms with E-state index in [4.69, 9.17) is 4.74 Å². The molecule has 0 unspecified atom stereocenters. The molecule has 2 aromatic carbocycles. The zero-order valence-corrected chi connectivity index (χ0v) is 16.2. The van der Waals surface area contributed by atoms with Gasteiger partial charge in [-0.2, -0.15) is 10.2 Å². The first-order valence-electron chi connectivity index (χ1n) is 9.36. The second kappa shape index (κ2) is 8.34. The quantitative estimate of drug-likeness (QED) is 0.413. The highest BCUT2D eigenvalue weighted by Gasteiger charge is 2.14. The fourth-order valence-electron chi connectivity index (χ4n) is 3.36. The number of aromatic nitrogens is 4. The van der Waals surface area contributed by atoms with E-state index in [-0.39, 0.29) is 5.56 Å². The van der Waals surface area contributed by atoms with Gasteiger partial charge in [-0.15, -0.1) is 0 Å². The van der Waals surface area contributed by atoms with E-state index in [1.54, 1.807) is 12.3 Å². The molecule has 154 valence electrons. The summed E-state index contributed by atoms with van der Waals surface area (Å²) in [4.78, 5) is 11.3. The van der Waals surface area contributed by atoms with Crippen LogP contribution in [-0.2, 0) is 13.0 Å². The Labute approximate surface area is 171 Å². The molecule has 0 bridgehead atoms. The lowest BCUT2D eigenvalue weighted by Crippen LogP contribution is -2.08. The molecule has 30 heavy (non-hydrogen) atoms. The Hall–Kier alpha value is -3.72. The number of halogens is 1. The third-order valence-electron chi connectivity index (χ3n) is 4.79. The normalized spacial score (nSPS) is 11.1. The molecule has 0 aliphatic heterocycles. The van der Waals surface area contributed by atoms with Gasteiger partial charge < -0.3 is 15.2 Å². The van der Waals surface area contributed by atoms with Crippen LogP contribution in [0.3, 0.4) is 0 Å². The van der Waals surface area contributed by atoms with E-state index in [0.717, 1.165) is 34.8 Å². The summed E-state index contributed by atoms with van der Waals surface area (Å²) in [7, 11) is 1.89. The Morgan fingerprint density at radius 2 is 2.10 bits per heavy atom. The number of aromatic amines is 1. The summed E-state index contributed by atoms with van der Waals surface area (Å²) in [6.07, 6.45) is 4.66. The molecule has 0 radical (unpaired) electrons. The van der Waals surface area contributed by atoms with Crippen molar-refractivity contribution in [1.29, 1.82) is 0 Å². The molecule has 4 aromatic rings. The predicted octanol–water partition coefficient (Wildman–Crippen LogP) is 2.93. The Morgan fingerprint density at radius 3 is 2.83 bits per heavy atom. The SMILES string of the molecule is CNCc1ccc(CCOc2cc(C(=O)O)ccc2-n2cc(F)cn2)c2cn[nH]c12. The van der Waals surface area contributed by atoms with Gasteiger partial charge in [0.25, 0.3) is 0 Å². The number of hydrogen-bond donors (Lipinski definition) is 3. The lowest BCUT2D eigenvalue weighted by Gasteiger charge is -2.13. The minimum atomic E-state index is -1.07. The molecule has 0 aliphatic rings. The Balaban J connectivity index is 1.57. The second-order valence-electron chi connectivity index (χ2n) is 6.76. The molecule has 0 spiro atoms. The lowest BCUT2D eigenvalue weighted by molar-refractivity contribution is 0.0696. The van der Waals surface area contributed by atoms with Crippen LogP contribution >= 0.6 is 0 Å². The number of hydrogen-bond acceptors (Lipinski definition) is 5. The van der Waals surface area contributed by atoms with E-state index < -0.39 is 11.8 Å². The molecular weight excluding hydrogens is 389 g/mol. The van der Waals surface area contributed by atoms with E-state index in [0.29, 0.717) is 24.5 Å². The average molecular weight is 409 g/mol. The van der Waals surface area contributed by atoms with E-state index >= 15 is 0 Å². The maximum atomic E-state index is 13.4. The van der Waals surface area contributed by atoms with Gasteiger partial charge in [-0.1, -0.05) is 12.1 Å². The van der Waals surface area contributed by atoms with Crippen molar-refractivity contribution in [3.8, 4) is 11.4 Å². The van der Waals surface area contributed by atoms with Gasteiger partial charge in [0.2, 0.25) is 0 Å². The van der Waals surface area contributed by atoms with E-state index in [1.807, 2.05) is 19.2 Å². The average Bonchev–Trinajstić information content (AvgIpc) is 3.39. The van der Waals surface area contributed by atoms with E-state index in [1.165, 1.54) is 23.0 Å². The van der Waals surface area contributed by atoms with Crippen molar-refractivity contribution in [2.45, 2.75) is 13.0 Å². The summed E-state index contributed by atoms with van der Waals surface area (Å²) in [5, 5.41) is 24.6. The number of carboxylic acids is 1. The summed E-state index contributed by atoms with van der Waals surface area (Å²) in [6, 6.07) is 8.47. The van der Waals surface area contributed by atoms with E-state index in [9.17, 15) is 14.3 Å². The molecule has 0 aliphatic carbocycles. The van der Waals surface area contributed by atoms with Crippen molar-refractivity contribution < 1.29 is 19.0 Å². The molecule has 9 heteroatoms. The highest BCUT2D eigenvalue weighted by Crippen LogP contribution is 2.26. The number of H-pyrrole nitrogens is 1. The number of nitrogens with zero attached hydrogens (tertiary/aromatic N) is 3. The van der Waals surface area contributed by atoms with Crippen LogP contribution in [0.1, 0.15) is 21.5 Å². The van der Waals surface area contributed by atoms with Crippen molar-refractivity contribution in [1.82, 2.24) is 25.3 Å². The highest BCUT2D eigenvalue weighted by molar-refractivity contribution is 5.88. The summed E-state index contributed by atoms with van der Waals surface area (Å²) in [5.41, 5.74) is 3.69. The highest BCUT2D eigenvalue weighted by atomic mass is 19.1. The van der Waals surface area contributed by atoms with Gasteiger partial charge in [0.05, 0.1) is 36.3 Å². The number of ether oxygens (including phenoxy) is 1. The first-order valence-corrected chi connectivity index (χ1v) is 9.36. The molecule has 2 aromatic heterocycles. The van der Waals surface area contributed by atoms with Crippen LogP contribution in [0.15, 0.2) is 48.9 Å². The predicted molar refractivity (Wildman–Crippen MR) is 109 cm³/mol. The molecule has 3 N–H and O–H groups in total. The summed E-state index contributed by atoms with van der Waals surface area (Å²) in [6.45, 7) is 1.02. The monoisotopic (exact) mass is 409 g/mol. The van der Waals surface area contributed by atoms with Gasteiger partial charge in [-0.25, -0.2) is 13.9 Å². The van der Waals surface area contributed by atoms with Crippen LogP contribution in [0, 0.1) is 5.82 Å². The number of rotatable bonds is 8. The maximum absolute atomic E-state index is 13.4. The first-order chi connectivity index (χ1) is 14.6. The van der Waals surface area contributed by atoms with Gasteiger partial charge in [-0.05, 0) is 36.4 Å². The molecule has 2 heterocycles. The molecule has 4 rings (SSSR count). The molecule has 0 atom stereocenters. The van der Waals surface area contributed by atoms with Crippen LogP contribution in [0.2, 0.25) is 0 Å². The number of aromatic carboxylic acids is 1. The van der Waals surface area contributed by atoms with Crippen LogP contribution in [0.25, 0.3) is 16.6 Å². The topological polar surface area (TPSA) is 105 Å². The van der Waals surface area contributed by atoms with Crippen molar-refractivity contribution >= 4 is 16.9 Å². The van der Waals surface area contributed by atoms with Crippen LogP contribution in [-0.4, -0.2) is 44.7 Å². The standard InChI is InChI=1S/C21H20FN5O3/c1-23-9-15-3-2-13(17-11-24-26-20(15)17)6-7-30-19-8-14(21(28)29)4-5-18(19)27-12-16(22)10-25-27/h2-5,8,10-12,23H,6-7,9H2,1H3,(H,24,26)(H,28,29). The van der Waals surface area contributed by atoms with Gasteiger partial charge in [0.1, 0.15) is 11.4 Å². The number of fused-ring (bicyclic) bond motifs is 1. The largest absolute Gasteiger partial charge is 0.491 e. The molecule has 0 amide bonds. The maximum Gasteiger partial charge on any atom is 0.335 e. The third kappa shape index (κ3) is 3.87. The lowest BCUT2D eigenvalue weighted by atomic mass is 10.0. The molecule has 0 fully saturated rings. The fourth-order valence-corrected chi connectivity index (χ4v) is 3.36. The zero-order chi connectivity index (χ0) is 21.1. The third-order valence-corrected chi connectivity index (χ3v) is 4.79.